The molecule has 0 saturated carbocycles. The molecule has 0 amide bonds. The van der Waals surface area contributed by atoms with Gasteiger partial charge in [0.1, 0.15) is 0 Å². The van der Waals surface area contributed by atoms with E-state index in [1.54, 1.807) is 0 Å². The van der Waals surface area contributed by atoms with Gasteiger partial charge in [0, 0.05) is 25.3 Å². The van der Waals surface area contributed by atoms with Crippen LogP contribution in [-0.4, -0.2) is 31.4 Å². The molecule has 0 atom stereocenters. The van der Waals surface area contributed by atoms with Crippen LogP contribution in [0.4, 0.5) is 0 Å². The summed E-state index contributed by atoms with van der Waals surface area (Å²) in [6, 6.07) is 0. The number of hydrogen-bond acceptors (Lipinski definition) is 2. The smallest absolute Gasteiger partial charge is 0.305 e. The zero-order valence-electron chi connectivity index (χ0n) is 6.44. The minimum absolute atomic E-state index is 0. The van der Waals surface area contributed by atoms with Gasteiger partial charge in [0.25, 0.3) is 0 Å². The van der Waals surface area contributed by atoms with Crippen LogP contribution in [0.25, 0.3) is 0 Å². The van der Waals surface area contributed by atoms with Gasteiger partial charge in [0.15, 0.2) is 0 Å². The molecular formula is C6H12LiO2. The van der Waals surface area contributed by atoms with Crippen molar-refractivity contribution in [3.63, 3.8) is 0 Å². The van der Waals surface area contributed by atoms with E-state index in [2.05, 4.69) is 4.74 Å². The molecule has 0 aliphatic carbocycles. The minimum atomic E-state index is -0.0880. The second-order valence-corrected chi connectivity index (χ2v) is 1.56. The molecule has 0 heterocycles. The summed E-state index contributed by atoms with van der Waals surface area (Å²) in [7, 11) is 0. The summed E-state index contributed by atoms with van der Waals surface area (Å²) in [6.07, 6.45) is 1.42. The molecule has 2 nitrogen and oxygen atoms in total. The van der Waals surface area contributed by atoms with E-state index in [1.807, 2.05) is 13.8 Å². The molecule has 0 aromatic rings. The van der Waals surface area contributed by atoms with E-state index in [1.165, 1.54) is 0 Å². The van der Waals surface area contributed by atoms with Crippen molar-refractivity contribution in [3.05, 3.63) is 0 Å². The first-order valence-corrected chi connectivity index (χ1v) is 2.96. The third-order valence-electron chi connectivity index (χ3n) is 0.759. The van der Waals surface area contributed by atoms with Crippen LogP contribution in [0.5, 0.6) is 0 Å². The van der Waals surface area contributed by atoms with Gasteiger partial charge in [-0.2, -0.15) is 0 Å². The Morgan fingerprint density at radius 1 is 1.44 bits per heavy atom. The van der Waals surface area contributed by atoms with Gasteiger partial charge in [0.2, 0.25) is 0 Å². The molecule has 49 valence electrons. The molecule has 0 N–H and O–H groups in total. The van der Waals surface area contributed by atoms with Crippen molar-refractivity contribution in [2.45, 2.75) is 26.7 Å². The predicted octanol–water partition coefficient (Wildman–Crippen LogP) is 0.969. The monoisotopic (exact) mass is 123 g/mol. The number of carbonyl (C=O) groups is 1. The fourth-order valence-electron chi connectivity index (χ4n) is 0.437. The van der Waals surface area contributed by atoms with Crippen LogP contribution in [0.15, 0.2) is 0 Å². The first-order chi connectivity index (χ1) is 3.81. The van der Waals surface area contributed by atoms with Gasteiger partial charge >= 0.3 is 5.97 Å². The molecule has 1 radical (unpaired) electrons. The van der Waals surface area contributed by atoms with E-state index in [0.29, 0.717) is 13.0 Å². The molecule has 0 saturated heterocycles. The molecule has 9 heavy (non-hydrogen) atoms. The van der Waals surface area contributed by atoms with E-state index in [-0.39, 0.29) is 24.8 Å². The van der Waals surface area contributed by atoms with Crippen molar-refractivity contribution in [2.24, 2.45) is 0 Å². The van der Waals surface area contributed by atoms with Crippen LogP contribution >= 0.6 is 0 Å². The SMILES string of the molecule is CCCC(=O)OCC.[Li]. The summed E-state index contributed by atoms with van der Waals surface area (Å²) in [4.78, 5) is 10.4. The molecule has 0 aromatic carbocycles. The standard InChI is InChI=1S/C6H12O2.Li/c1-3-5-6(7)8-4-2;/h3-5H2,1-2H3;. The second-order valence-electron chi connectivity index (χ2n) is 1.56. The van der Waals surface area contributed by atoms with Crippen LogP contribution in [0.3, 0.4) is 0 Å². The van der Waals surface area contributed by atoms with Gasteiger partial charge < -0.3 is 4.74 Å². The van der Waals surface area contributed by atoms with Crippen LogP contribution in [0.1, 0.15) is 26.7 Å². The molecule has 0 spiro atoms. The topological polar surface area (TPSA) is 26.3 Å². The largest absolute Gasteiger partial charge is 0.466 e. The van der Waals surface area contributed by atoms with Crippen molar-refractivity contribution in [1.29, 1.82) is 0 Å². The zero-order chi connectivity index (χ0) is 6.41. The first-order valence-electron chi connectivity index (χ1n) is 2.96. The number of ether oxygens (including phenoxy) is 1. The molecule has 0 rings (SSSR count). The first kappa shape index (κ1) is 11.8. The van der Waals surface area contributed by atoms with Crippen molar-refractivity contribution in [3.8, 4) is 0 Å². The van der Waals surface area contributed by atoms with Crippen molar-refractivity contribution in [1.82, 2.24) is 0 Å². The molecule has 0 aliphatic rings. The maximum atomic E-state index is 10.4. The maximum Gasteiger partial charge on any atom is 0.305 e. The Hall–Kier alpha value is 0.0674. The Balaban J connectivity index is 0. The number of rotatable bonds is 3. The van der Waals surface area contributed by atoms with Gasteiger partial charge in [-0.25, -0.2) is 0 Å². The fourth-order valence-corrected chi connectivity index (χ4v) is 0.437. The van der Waals surface area contributed by atoms with Gasteiger partial charge in [-0.15, -0.1) is 0 Å². The summed E-state index contributed by atoms with van der Waals surface area (Å²) in [5.74, 6) is -0.0880. The molecule has 0 aromatic heterocycles. The van der Waals surface area contributed by atoms with E-state index in [0.717, 1.165) is 6.42 Å². The predicted molar refractivity (Wildman–Crippen MR) is 37.3 cm³/mol. The Bertz CT molecular complexity index is 65.5. The summed E-state index contributed by atoms with van der Waals surface area (Å²) in [5, 5.41) is 0. The fraction of sp³-hybridized carbons (Fsp3) is 0.833. The third kappa shape index (κ3) is 8.07. The molecule has 0 aliphatic heterocycles. The average Bonchev–Trinajstić information content (AvgIpc) is 1.68. The van der Waals surface area contributed by atoms with Crippen LogP contribution < -0.4 is 0 Å². The number of carbonyl (C=O) groups excluding carboxylic acids is 1. The maximum absolute atomic E-state index is 10.4. The third-order valence-corrected chi connectivity index (χ3v) is 0.759. The van der Waals surface area contributed by atoms with Gasteiger partial charge in [-0.3, -0.25) is 4.79 Å². The van der Waals surface area contributed by atoms with E-state index >= 15 is 0 Å². The Morgan fingerprint density at radius 3 is 2.33 bits per heavy atom. The number of hydrogen-bond donors (Lipinski definition) is 0. The van der Waals surface area contributed by atoms with Crippen molar-refractivity contribution in [2.75, 3.05) is 6.61 Å². The van der Waals surface area contributed by atoms with E-state index in [9.17, 15) is 4.79 Å². The van der Waals surface area contributed by atoms with Crippen LogP contribution in [0.2, 0.25) is 0 Å². The summed E-state index contributed by atoms with van der Waals surface area (Å²) in [5.41, 5.74) is 0. The summed E-state index contributed by atoms with van der Waals surface area (Å²) < 4.78 is 4.64. The van der Waals surface area contributed by atoms with Crippen molar-refractivity contribution < 1.29 is 9.53 Å². The number of esters is 1. The minimum Gasteiger partial charge on any atom is -0.466 e. The molecule has 0 unspecified atom stereocenters. The summed E-state index contributed by atoms with van der Waals surface area (Å²) in [6.45, 7) is 4.27. The van der Waals surface area contributed by atoms with Gasteiger partial charge in [-0.05, 0) is 13.3 Å². The van der Waals surface area contributed by atoms with Gasteiger partial charge in [0.05, 0.1) is 6.61 Å². The van der Waals surface area contributed by atoms with Crippen molar-refractivity contribution >= 4 is 24.8 Å². The van der Waals surface area contributed by atoms with E-state index < -0.39 is 0 Å². The molecule has 0 bridgehead atoms. The normalized spacial score (nSPS) is 7.78. The molecular weight excluding hydrogens is 111 g/mol. The van der Waals surface area contributed by atoms with Crippen LogP contribution in [-0.2, 0) is 9.53 Å². The second kappa shape index (κ2) is 8.07. The Morgan fingerprint density at radius 2 is 2.00 bits per heavy atom. The Kier molecular flexibility index (Phi) is 10.6. The Labute approximate surface area is 68.1 Å². The van der Waals surface area contributed by atoms with Crippen LogP contribution in [0, 0.1) is 0 Å². The average molecular weight is 123 g/mol. The zero-order valence-corrected chi connectivity index (χ0v) is 6.44. The quantitative estimate of drug-likeness (QED) is 0.413. The van der Waals surface area contributed by atoms with Gasteiger partial charge in [-0.1, -0.05) is 6.92 Å². The summed E-state index contributed by atoms with van der Waals surface area (Å²) >= 11 is 0. The molecule has 0 fully saturated rings. The molecule has 3 heteroatoms. The van der Waals surface area contributed by atoms with E-state index in [4.69, 9.17) is 0 Å².